The molecule has 8 nitrogen and oxygen atoms in total. The summed E-state index contributed by atoms with van der Waals surface area (Å²) in [4.78, 5) is 17.0. The summed E-state index contributed by atoms with van der Waals surface area (Å²) in [6, 6.07) is 8.10. The summed E-state index contributed by atoms with van der Waals surface area (Å²) in [6.45, 7) is 6.29. The molecule has 26 heavy (non-hydrogen) atoms. The number of carbonyl (C=O) groups is 1. The van der Waals surface area contributed by atoms with E-state index >= 15 is 0 Å². The zero-order chi connectivity index (χ0) is 18.7. The molecule has 0 aliphatic carbocycles. The summed E-state index contributed by atoms with van der Waals surface area (Å²) < 4.78 is 1.63. The molecule has 0 aliphatic heterocycles. The lowest BCUT2D eigenvalue weighted by molar-refractivity contribution is 0.199. The molecule has 0 radical (unpaired) electrons. The highest BCUT2D eigenvalue weighted by molar-refractivity contribution is 5.85. The van der Waals surface area contributed by atoms with E-state index in [4.69, 9.17) is 0 Å². The number of nitrogens with zero attached hydrogens (tertiary/aromatic N) is 5. The van der Waals surface area contributed by atoms with Crippen molar-refractivity contribution < 1.29 is 9.90 Å². The molecule has 1 amide bonds. The van der Waals surface area contributed by atoms with Crippen molar-refractivity contribution in [3.8, 4) is 0 Å². The maximum Gasteiger partial charge on any atom is 0.414 e. The van der Waals surface area contributed by atoms with Gasteiger partial charge in [-0.1, -0.05) is 31.2 Å². The smallest absolute Gasteiger partial charge is 0.414 e. The van der Waals surface area contributed by atoms with Crippen molar-refractivity contribution in [3.63, 3.8) is 0 Å². The van der Waals surface area contributed by atoms with Gasteiger partial charge in [0.15, 0.2) is 5.82 Å². The largest absolute Gasteiger partial charge is 0.465 e. The third kappa shape index (κ3) is 3.44. The molecule has 0 atom stereocenters. The fourth-order valence-corrected chi connectivity index (χ4v) is 2.72. The molecule has 2 heterocycles. The van der Waals surface area contributed by atoms with Gasteiger partial charge in [-0.2, -0.15) is 0 Å². The molecule has 1 aromatic carbocycles. The van der Waals surface area contributed by atoms with Gasteiger partial charge in [0.25, 0.3) is 0 Å². The number of fused-ring (bicyclic) bond motifs is 1. The molecule has 3 rings (SSSR count). The minimum absolute atomic E-state index is 0.250. The summed E-state index contributed by atoms with van der Waals surface area (Å²) >= 11 is 0. The van der Waals surface area contributed by atoms with Crippen molar-refractivity contribution in [3.05, 3.63) is 47.8 Å². The Hall–Kier alpha value is -3.16. The Labute approximate surface area is 151 Å². The van der Waals surface area contributed by atoms with E-state index in [9.17, 15) is 9.90 Å². The van der Waals surface area contributed by atoms with Crippen molar-refractivity contribution in [1.29, 1.82) is 0 Å². The Morgan fingerprint density at radius 2 is 1.92 bits per heavy atom. The maximum atomic E-state index is 11.5. The molecule has 2 aromatic heterocycles. The number of hydrogen-bond acceptors (Lipinski definition) is 5. The van der Waals surface area contributed by atoms with Crippen LogP contribution in [0, 0.1) is 0 Å². The first-order chi connectivity index (χ1) is 12.5. The fraction of sp³-hybridized carbons (Fsp3) is 0.333. The van der Waals surface area contributed by atoms with E-state index in [0.29, 0.717) is 18.0 Å². The number of aromatic nitrogens is 4. The van der Waals surface area contributed by atoms with E-state index in [0.717, 1.165) is 12.0 Å². The molecule has 3 aromatic rings. The standard InChI is InChI=1S/C18H22N6O2/c1-4-13-5-7-14(8-6-13)11-20-15-16-21-22-17(23(16)10-9-19-15)24(12(2)3)18(25)26/h5-10,12H,4,11H2,1-3H3,(H,19,20)(H,25,26). The Bertz CT molecular complexity index is 904. The van der Waals surface area contributed by atoms with Gasteiger partial charge in [0.05, 0.1) is 0 Å². The lowest BCUT2D eigenvalue weighted by Gasteiger charge is -2.20. The van der Waals surface area contributed by atoms with Gasteiger partial charge < -0.3 is 10.4 Å². The number of amides is 1. The number of nitrogens with one attached hydrogen (secondary N) is 1. The van der Waals surface area contributed by atoms with Gasteiger partial charge in [-0.15, -0.1) is 10.2 Å². The molecule has 0 unspecified atom stereocenters. The zero-order valence-electron chi connectivity index (χ0n) is 15.0. The highest BCUT2D eigenvalue weighted by Crippen LogP contribution is 2.20. The van der Waals surface area contributed by atoms with Crippen LogP contribution in [0.15, 0.2) is 36.7 Å². The van der Waals surface area contributed by atoms with Gasteiger partial charge in [0, 0.05) is 25.0 Å². The number of rotatable bonds is 6. The number of aryl methyl sites for hydroxylation is 1. The predicted molar refractivity (Wildman–Crippen MR) is 99.6 cm³/mol. The highest BCUT2D eigenvalue weighted by atomic mass is 16.4. The molecular formula is C18H22N6O2. The molecule has 0 aliphatic rings. The average molecular weight is 354 g/mol. The van der Waals surface area contributed by atoms with E-state index in [1.165, 1.54) is 10.5 Å². The van der Waals surface area contributed by atoms with Crippen LogP contribution in [-0.4, -0.2) is 36.8 Å². The van der Waals surface area contributed by atoms with Crippen LogP contribution in [0.1, 0.15) is 31.9 Å². The molecule has 0 saturated carbocycles. The molecule has 8 heteroatoms. The fourth-order valence-electron chi connectivity index (χ4n) is 2.72. The van der Waals surface area contributed by atoms with Crippen LogP contribution in [0.2, 0.25) is 0 Å². The van der Waals surface area contributed by atoms with Gasteiger partial charge in [0.2, 0.25) is 11.6 Å². The normalized spacial score (nSPS) is 11.1. The van der Waals surface area contributed by atoms with Crippen molar-refractivity contribution in [1.82, 2.24) is 19.6 Å². The van der Waals surface area contributed by atoms with Gasteiger partial charge in [0.1, 0.15) is 0 Å². The first kappa shape index (κ1) is 17.7. The van der Waals surface area contributed by atoms with Crippen LogP contribution >= 0.6 is 0 Å². The minimum atomic E-state index is -1.07. The van der Waals surface area contributed by atoms with E-state index in [1.54, 1.807) is 30.6 Å². The quantitative estimate of drug-likeness (QED) is 0.706. The topological polar surface area (TPSA) is 95.7 Å². The molecule has 0 bridgehead atoms. The molecular weight excluding hydrogens is 332 g/mol. The van der Waals surface area contributed by atoms with Gasteiger partial charge >= 0.3 is 6.09 Å². The van der Waals surface area contributed by atoms with Crippen molar-refractivity contribution in [2.24, 2.45) is 0 Å². The Balaban J connectivity index is 1.87. The SMILES string of the molecule is CCc1ccc(CNc2nccn3c(N(C(=O)O)C(C)C)nnc23)cc1. The summed E-state index contributed by atoms with van der Waals surface area (Å²) in [5, 5.41) is 20.9. The maximum absolute atomic E-state index is 11.5. The van der Waals surface area contributed by atoms with Crippen LogP contribution < -0.4 is 10.2 Å². The van der Waals surface area contributed by atoms with Crippen LogP contribution in [0.3, 0.4) is 0 Å². The first-order valence-corrected chi connectivity index (χ1v) is 8.54. The van der Waals surface area contributed by atoms with Gasteiger partial charge in [-0.3, -0.25) is 4.40 Å². The Morgan fingerprint density at radius 1 is 1.23 bits per heavy atom. The van der Waals surface area contributed by atoms with E-state index in [-0.39, 0.29) is 12.0 Å². The summed E-state index contributed by atoms with van der Waals surface area (Å²) in [7, 11) is 0. The lowest BCUT2D eigenvalue weighted by Crippen LogP contribution is -2.37. The second kappa shape index (κ2) is 7.38. The third-order valence-corrected chi connectivity index (χ3v) is 4.14. The Morgan fingerprint density at radius 3 is 2.54 bits per heavy atom. The van der Waals surface area contributed by atoms with Crippen LogP contribution in [0.25, 0.3) is 5.65 Å². The number of hydrogen-bond donors (Lipinski definition) is 2. The van der Waals surface area contributed by atoms with Gasteiger partial charge in [-0.25, -0.2) is 14.7 Å². The predicted octanol–water partition coefficient (Wildman–Crippen LogP) is 3.19. The van der Waals surface area contributed by atoms with Crippen LogP contribution in [-0.2, 0) is 13.0 Å². The second-order valence-corrected chi connectivity index (χ2v) is 6.24. The highest BCUT2D eigenvalue weighted by Gasteiger charge is 2.24. The van der Waals surface area contributed by atoms with Crippen LogP contribution in [0.5, 0.6) is 0 Å². The van der Waals surface area contributed by atoms with Crippen LogP contribution in [0.4, 0.5) is 16.6 Å². The number of anilines is 2. The monoisotopic (exact) mass is 354 g/mol. The molecule has 0 saturated heterocycles. The molecule has 0 spiro atoms. The minimum Gasteiger partial charge on any atom is -0.465 e. The van der Waals surface area contributed by atoms with Gasteiger partial charge in [-0.05, 0) is 31.4 Å². The molecule has 2 N–H and O–H groups in total. The van der Waals surface area contributed by atoms with E-state index in [1.807, 2.05) is 0 Å². The Kier molecular flexibility index (Phi) is 5.01. The number of benzene rings is 1. The summed E-state index contributed by atoms with van der Waals surface area (Å²) in [5.74, 6) is 0.806. The second-order valence-electron chi connectivity index (χ2n) is 6.24. The van der Waals surface area contributed by atoms with Crippen molar-refractivity contribution in [2.75, 3.05) is 10.2 Å². The summed E-state index contributed by atoms with van der Waals surface area (Å²) in [5.41, 5.74) is 2.90. The van der Waals surface area contributed by atoms with E-state index in [2.05, 4.69) is 51.7 Å². The van der Waals surface area contributed by atoms with Crippen molar-refractivity contribution in [2.45, 2.75) is 39.8 Å². The van der Waals surface area contributed by atoms with E-state index < -0.39 is 6.09 Å². The van der Waals surface area contributed by atoms with Crippen molar-refractivity contribution >= 4 is 23.5 Å². The lowest BCUT2D eigenvalue weighted by atomic mass is 10.1. The molecule has 136 valence electrons. The average Bonchev–Trinajstić information content (AvgIpc) is 3.04. The molecule has 0 fully saturated rings. The third-order valence-electron chi connectivity index (χ3n) is 4.14. The zero-order valence-corrected chi connectivity index (χ0v) is 15.0. The summed E-state index contributed by atoms with van der Waals surface area (Å²) in [6.07, 6.45) is 3.19. The first-order valence-electron chi connectivity index (χ1n) is 8.54. The number of carboxylic acid groups (broad SMARTS) is 1.